The molecule has 0 atom stereocenters. The number of aromatic nitrogens is 6. The molecule has 8 heteroatoms. The summed E-state index contributed by atoms with van der Waals surface area (Å²) < 4.78 is 0. The van der Waals surface area contributed by atoms with E-state index >= 15 is 0 Å². The number of hydrogen-bond acceptors (Lipinski definition) is 8. The van der Waals surface area contributed by atoms with Crippen molar-refractivity contribution in [1.82, 2.24) is 29.9 Å². The van der Waals surface area contributed by atoms with Crippen LogP contribution in [0.4, 0.5) is 0 Å². The summed E-state index contributed by atoms with van der Waals surface area (Å²) in [6.07, 6.45) is 7.30. The van der Waals surface area contributed by atoms with Gasteiger partial charge < -0.3 is 0 Å². The van der Waals surface area contributed by atoms with Crippen molar-refractivity contribution in [1.29, 1.82) is 0 Å². The van der Waals surface area contributed by atoms with Gasteiger partial charge in [0.25, 0.3) is 0 Å². The van der Waals surface area contributed by atoms with Gasteiger partial charge in [-0.2, -0.15) is 12.6 Å². The van der Waals surface area contributed by atoms with Crippen LogP contribution in [-0.4, -0.2) is 41.4 Å². The molecule has 0 aliphatic rings. The Morgan fingerprint density at radius 1 is 0.875 bits per heavy atom. The molecule has 0 radical (unpaired) electrons. The SMILES string of the molecule is SCCSc1ncncn1.c1ncncn1. The number of hydrogen-bond donors (Lipinski definition) is 1. The molecule has 84 valence electrons. The third-order valence-corrected chi connectivity index (χ3v) is 2.60. The lowest BCUT2D eigenvalue weighted by Crippen LogP contribution is -1.88. The van der Waals surface area contributed by atoms with Crippen molar-refractivity contribution < 1.29 is 0 Å². The quantitative estimate of drug-likeness (QED) is 0.640. The first-order chi connectivity index (χ1) is 7.93. The number of thioether (sulfide) groups is 1. The zero-order valence-electron chi connectivity index (χ0n) is 8.34. The number of rotatable bonds is 3. The summed E-state index contributed by atoms with van der Waals surface area (Å²) in [5.74, 6) is 1.78. The predicted octanol–water partition coefficient (Wildman–Crippen LogP) is 0.765. The third-order valence-electron chi connectivity index (χ3n) is 1.19. The Bertz CT molecular complexity index is 333. The van der Waals surface area contributed by atoms with E-state index in [0.717, 1.165) is 16.7 Å². The summed E-state index contributed by atoms with van der Waals surface area (Å²) in [6, 6.07) is 0. The minimum atomic E-state index is 0.768. The van der Waals surface area contributed by atoms with E-state index < -0.39 is 0 Å². The molecular formula is C8H10N6S2. The molecule has 0 aliphatic heterocycles. The van der Waals surface area contributed by atoms with Crippen LogP contribution in [0, 0.1) is 0 Å². The minimum Gasteiger partial charge on any atom is -0.225 e. The van der Waals surface area contributed by atoms with Gasteiger partial charge >= 0.3 is 0 Å². The molecule has 0 amide bonds. The summed E-state index contributed by atoms with van der Waals surface area (Å²) in [6.45, 7) is 0. The highest BCUT2D eigenvalue weighted by atomic mass is 32.2. The monoisotopic (exact) mass is 254 g/mol. The lowest BCUT2D eigenvalue weighted by molar-refractivity contribution is 0.902. The van der Waals surface area contributed by atoms with Gasteiger partial charge in [0.2, 0.25) is 0 Å². The molecule has 0 saturated carbocycles. The van der Waals surface area contributed by atoms with Gasteiger partial charge in [-0.25, -0.2) is 29.9 Å². The van der Waals surface area contributed by atoms with E-state index in [9.17, 15) is 0 Å². The average Bonchev–Trinajstić information content (AvgIpc) is 2.40. The lowest BCUT2D eigenvalue weighted by Gasteiger charge is -1.93. The van der Waals surface area contributed by atoms with Crippen LogP contribution >= 0.6 is 24.4 Å². The molecule has 6 nitrogen and oxygen atoms in total. The summed E-state index contributed by atoms with van der Waals surface area (Å²) in [5.41, 5.74) is 0. The van der Waals surface area contributed by atoms with Crippen LogP contribution in [0.1, 0.15) is 0 Å². The van der Waals surface area contributed by atoms with E-state index in [1.54, 1.807) is 11.8 Å². The van der Waals surface area contributed by atoms with Gasteiger partial charge in [0.1, 0.15) is 31.6 Å². The van der Waals surface area contributed by atoms with Gasteiger partial charge in [0.15, 0.2) is 5.16 Å². The van der Waals surface area contributed by atoms with E-state index in [1.807, 2.05) is 0 Å². The van der Waals surface area contributed by atoms with Crippen LogP contribution in [0.3, 0.4) is 0 Å². The molecule has 0 aromatic carbocycles. The molecule has 0 fully saturated rings. The van der Waals surface area contributed by atoms with Crippen LogP contribution in [0.5, 0.6) is 0 Å². The van der Waals surface area contributed by atoms with E-state index in [-0.39, 0.29) is 0 Å². The van der Waals surface area contributed by atoms with E-state index in [1.165, 1.54) is 31.6 Å². The molecule has 0 unspecified atom stereocenters. The molecule has 0 aliphatic carbocycles. The van der Waals surface area contributed by atoms with Crippen molar-refractivity contribution in [2.45, 2.75) is 5.16 Å². The van der Waals surface area contributed by atoms with Gasteiger partial charge in [0, 0.05) is 5.75 Å². The highest BCUT2D eigenvalue weighted by molar-refractivity contribution is 7.99. The van der Waals surface area contributed by atoms with Crippen molar-refractivity contribution in [3.05, 3.63) is 31.6 Å². The molecule has 2 heterocycles. The molecule has 2 rings (SSSR count). The number of thiol groups is 1. The fraction of sp³-hybridized carbons (Fsp3) is 0.250. The zero-order valence-corrected chi connectivity index (χ0v) is 10.1. The van der Waals surface area contributed by atoms with Crippen LogP contribution in [0.25, 0.3) is 0 Å². The predicted molar refractivity (Wildman–Crippen MR) is 64.2 cm³/mol. The van der Waals surface area contributed by atoms with E-state index in [2.05, 4.69) is 42.5 Å². The van der Waals surface area contributed by atoms with Crippen molar-refractivity contribution in [2.24, 2.45) is 0 Å². The van der Waals surface area contributed by atoms with Crippen LogP contribution in [0.15, 0.2) is 36.8 Å². The first-order valence-electron chi connectivity index (χ1n) is 4.34. The van der Waals surface area contributed by atoms with E-state index in [4.69, 9.17) is 0 Å². The molecule has 2 aromatic rings. The highest BCUT2D eigenvalue weighted by Crippen LogP contribution is 2.09. The first-order valence-corrected chi connectivity index (χ1v) is 5.96. The molecule has 2 aromatic heterocycles. The third kappa shape index (κ3) is 6.25. The van der Waals surface area contributed by atoms with Gasteiger partial charge in [-0.15, -0.1) is 0 Å². The maximum Gasteiger partial charge on any atom is 0.190 e. The van der Waals surface area contributed by atoms with E-state index in [0.29, 0.717) is 0 Å². The average molecular weight is 254 g/mol. The van der Waals surface area contributed by atoms with Crippen LogP contribution in [0.2, 0.25) is 0 Å². The van der Waals surface area contributed by atoms with Crippen molar-refractivity contribution in [3.8, 4) is 0 Å². The molecule has 0 spiro atoms. The summed E-state index contributed by atoms with van der Waals surface area (Å²) in [5, 5.41) is 0.768. The normalized spacial score (nSPS) is 9.06. The topological polar surface area (TPSA) is 77.3 Å². The van der Waals surface area contributed by atoms with Crippen molar-refractivity contribution in [3.63, 3.8) is 0 Å². The second-order valence-corrected chi connectivity index (χ2v) is 3.80. The van der Waals surface area contributed by atoms with Crippen molar-refractivity contribution in [2.75, 3.05) is 11.5 Å². The standard InChI is InChI=1S/C5H7N3S2.C3H3N3/c9-1-2-10-5-7-3-6-4-8-5;1-4-2-6-3-5-1/h3-4,9H,1-2H2;1-3H. The molecule has 0 bridgehead atoms. The Labute approximate surface area is 103 Å². The maximum absolute atomic E-state index is 4.06. The molecule has 16 heavy (non-hydrogen) atoms. The first kappa shape index (κ1) is 12.8. The fourth-order valence-corrected chi connectivity index (χ4v) is 1.44. The Balaban J connectivity index is 0.000000181. The van der Waals surface area contributed by atoms with Gasteiger partial charge in [-0.05, 0) is 5.75 Å². The van der Waals surface area contributed by atoms with Gasteiger partial charge in [-0.1, -0.05) is 11.8 Å². The lowest BCUT2D eigenvalue weighted by atomic mass is 11.0. The highest BCUT2D eigenvalue weighted by Gasteiger charge is 1.92. The minimum absolute atomic E-state index is 0.768. The zero-order chi connectivity index (χ0) is 11.5. The molecule has 0 N–H and O–H groups in total. The summed E-state index contributed by atoms with van der Waals surface area (Å²) >= 11 is 5.64. The Hall–Kier alpha value is -1.28. The van der Waals surface area contributed by atoms with Gasteiger partial charge in [0.05, 0.1) is 0 Å². The fourth-order valence-electron chi connectivity index (χ4n) is 0.645. The molecule has 0 saturated heterocycles. The van der Waals surface area contributed by atoms with Crippen LogP contribution < -0.4 is 0 Å². The Morgan fingerprint density at radius 2 is 1.38 bits per heavy atom. The second kappa shape index (κ2) is 8.98. The largest absolute Gasteiger partial charge is 0.225 e. The van der Waals surface area contributed by atoms with Crippen LogP contribution in [-0.2, 0) is 0 Å². The second-order valence-electron chi connectivity index (χ2n) is 2.29. The number of nitrogens with zero attached hydrogens (tertiary/aromatic N) is 6. The Morgan fingerprint density at radius 3 is 1.81 bits per heavy atom. The van der Waals surface area contributed by atoms with Gasteiger partial charge in [-0.3, -0.25) is 0 Å². The van der Waals surface area contributed by atoms with Crippen molar-refractivity contribution >= 4 is 24.4 Å². The molecular weight excluding hydrogens is 244 g/mol. The maximum atomic E-state index is 4.06. The summed E-state index contributed by atoms with van der Waals surface area (Å²) in [7, 11) is 0. The summed E-state index contributed by atoms with van der Waals surface area (Å²) in [4.78, 5) is 22.2. The Kier molecular flexibility index (Phi) is 7.18. The smallest absolute Gasteiger partial charge is 0.190 e.